The molecule has 2 aromatic carbocycles. The highest BCUT2D eigenvalue weighted by Gasteiger charge is 2.14. The van der Waals surface area contributed by atoms with E-state index in [9.17, 15) is 5.11 Å². The number of methoxy groups -OCH3 is 1. The third-order valence-corrected chi connectivity index (χ3v) is 3.41. The van der Waals surface area contributed by atoms with Crippen molar-refractivity contribution < 1.29 is 14.9 Å². The second-order valence-corrected chi connectivity index (χ2v) is 4.70. The molecule has 0 amide bonds. The second-order valence-electron chi connectivity index (χ2n) is 4.70. The fourth-order valence-electron chi connectivity index (χ4n) is 2.38. The van der Waals surface area contributed by atoms with E-state index in [0.717, 1.165) is 16.7 Å². The molecule has 0 spiro atoms. The second kappa shape index (κ2) is 7.08. The van der Waals surface area contributed by atoms with Crippen molar-refractivity contribution in [1.29, 1.82) is 0 Å². The number of rotatable bonds is 6. The van der Waals surface area contributed by atoms with Gasteiger partial charge in [-0.15, -0.1) is 0 Å². The van der Waals surface area contributed by atoms with Gasteiger partial charge in [0.1, 0.15) is 5.75 Å². The first kappa shape index (κ1) is 14.6. The summed E-state index contributed by atoms with van der Waals surface area (Å²) in [5.41, 5.74) is 2.91. The van der Waals surface area contributed by atoms with E-state index in [1.165, 1.54) is 0 Å². The van der Waals surface area contributed by atoms with Crippen molar-refractivity contribution in [3.8, 4) is 5.75 Å². The third-order valence-electron chi connectivity index (χ3n) is 3.41. The van der Waals surface area contributed by atoms with Gasteiger partial charge in [0.2, 0.25) is 0 Å². The number of aliphatic hydroxyl groups excluding tert-OH is 2. The molecular weight excluding hydrogens is 252 g/mol. The number of aliphatic hydroxyl groups is 2. The Labute approximate surface area is 119 Å². The summed E-state index contributed by atoms with van der Waals surface area (Å²) >= 11 is 0. The zero-order valence-electron chi connectivity index (χ0n) is 11.6. The summed E-state index contributed by atoms with van der Waals surface area (Å²) in [4.78, 5) is 0. The molecular formula is C17H20O3. The summed E-state index contributed by atoms with van der Waals surface area (Å²) in [7, 11) is 1.60. The molecule has 0 heterocycles. The predicted octanol–water partition coefficient (Wildman–Crippen LogP) is 2.51. The third kappa shape index (κ3) is 3.38. The monoisotopic (exact) mass is 272 g/mol. The molecule has 2 aromatic rings. The summed E-state index contributed by atoms with van der Waals surface area (Å²) in [6.45, 7) is 0.113. The number of para-hydroxylation sites is 1. The van der Waals surface area contributed by atoms with E-state index in [0.29, 0.717) is 18.6 Å². The van der Waals surface area contributed by atoms with Crippen molar-refractivity contribution in [3.63, 3.8) is 0 Å². The molecule has 0 fully saturated rings. The van der Waals surface area contributed by atoms with Gasteiger partial charge in [-0.1, -0.05) is 42.5 Å². The van der Waals surface area contributed by atoms with Crippen LogP contribution in [0.15, 0.2) is 48.5 Å². The summed E-state index contributed by atoms with van der Waals surface area (Å²) in [5.74, 6) is 0.694. The first-order valence-electron chi connectivity index (χ1n) is 6.75. The van der Waals surface area contributed by atoms with Crippen LogP contribution in [0.1, 0.15) is 22.8 Å². The molecule has 3 nitrogen and oxygen atoms in total. The summed E-state index contributed by atoms with van der Waals surface area (Å²) in [6, 6.07) is 15.4. The molecule has 3 heteroatoms. The van der Waals surface area contributed by atoms with Gasteiger partial charge in [-0.25, -0.2) is 0 Å². The van der Waals surface area contributed by atoms with Crippen LogP contribution in [0.25, 0.3) is 0 Å². The molecule has 106 valence electrons. The average molecular weight is 272 g/mol. The van der Waals surface area contributed by atoms with E-state index in [1.807, 2.05) is 48.5 Å². The Morgan fingerprint density at radius 3 is 2.35 bits per heavy atom. The van der Waals surface area contributed by atoms with Gasteiger partial charge in [-0.2, -0.15) is 0 Å². The maximum Gasteiger partial charge on any atom is 0.124 e. The van der Waals surface area contributed by atoms with Gasteiger partial charge in [-0.3, -0.25) is 0 Å². The van der Waals surface area contributed by atoms with Crippen LogP contribution < -0.4 is 4.74 Å². The van der Waals surface area contributed by atoms with Crippen molar-refractivity contribution in [2.24, 2.45) is 0 Å². The Kier molecular flexibility index (Phi) is 5.16. The van der Waals surface area contributed by atoms with Crippen molar-refractivity contribution in [2.45, 2.75) is 18.9 Å². The molecule has 0 aliphatic heterocycles. The lowest BCUT2D eigenvalue weighted by molar-refractivity contribution is 0.173. The van der Waals surface area contributed by atoms with Gasteiger partial charge < -0.3 is 14.9 Å². The largest absolute Gasteiger partial charge is 0.496 e. The highest BCUT2D eigenvalue weighted by molar-refractivity contribution is 5.37. The molecule has 0 radical (unpaired) electrons. The Bertz CT molecular complexity index is 551. The van der Waals surface area contributed by atoms with E-state index < -0.39 is 6.10 Å². The predicted molar refractivity (Wildman–Crippen MR) is 78.9 cm³/mol. The van der Waals surface area contributed by atoms with Crippen molar-refractivity contribution in [1.82, 2.24) is 0 Å². The van der Waals surface area contributed by atoms with Crippen LogP contribution in [0, 0.1) is 0 Å². The Morgan fingerprint density at radius 1 is 1.00 bits per heavy atom. The highest BCUT2D eigenvalue weighted by Crippen LogP contribution is 2.28. The first-order valence-corrected chi connectivity index (χ1v) is 6.75. The molecule has 2 N–H and O–H groups in total. The zero-order chi connectivity index (χ0) is 14.4. The normalized spacial score (nSPS) is 12.2. The van der Waals surface area contributed by atoms with Crippen molar-refractivity contribution in [3.05, 3.63) is 65.2 Å². The van der Waals surface area contributed by atoms with Crippen LogP contribution >= 0.6 is 0 Å². The molecule has 0 aliphatic carbocycles. The molecule has 0 saturated heterocycles. The number of benzene rings is 2. The van der Waals surface area contributed by atoms with E-state index in [2.05, 4.69) is 0 Å². The molecule has 1 unspecified atom stereocenters. The number of hydrogen-bond donors (Lipinski definition) is 2. The van der Waals surface area contributed by atoms with Gasteiger partial charge in [-0.05, 0) is 23.6 Å². The Hall–Kier alpha value is -1.84. The molecule has 0 bridgehead atoms. The summed E-state index contributed by atoms with van der Waals surface area (Å²) in [6.07, 6.45) is 0.497. The minimum atomic E-state index is -0.619. The lowest BCUT2D eigenvalue weighted by Gasteiger charge is -2.16. The Balaban J connectivity index is 2.21. The molecule has 2 rings (SSSR count). The Morgan fingerprint density at radius 2 is 1.65 bits per heavy atom. The zero-order valence-corrected chi connectivity index (χ0v) is 11.6. The van der Waals surface area contributed by atoms with Crippen LogP contribution in [-0.4, -0.2) is 23.9 Å². The van der Waals surface area contributed by atoms with Crippen LogP contribution in [0.2, 0.25) is 0 Å². The minimum Gasteiger partial charge on any atom is -0.496 e. The maximum atomic E-state index is 10.4. The fourth-order valence-corrected chi connectivity index (χ4v) is 2.38. The molecule has 0 aliphatic rings. The van der Waals surface area contributed by atoms with Crippen LogP contribution in [0.4, 0.5) is 0 Å². The maximum absolute atomic E-state index is 10.4. The topological polar surface area (TPSA) is 49.7 Å². The van der Waals surface area contributed by atoms with Crippen molar-refractivity contribution in [2.75, 3.05) is 13.7 Å². The lowest BCUT2D eigenvalue weighted by atomic mass is 9.96. The minimum absolute atomic E-state index is 0.113. The molecule has 20 heavy (non-hydrogen) atoms. The van der Waals surface area contributed by atoms with Crippen LogP contribution in [0.5, 0.6) is 5.75 Å². The van der Waals surface area contributed by atoms with E-state index in [4.69, 9.17) is 9.84 Å². The summed E-state index contributed by atoms with van der Waals surface area (Å²) in [5, 5.41) is 19.5. The van der Waals surface area contributed by atoms with E-state index in [1.54, 1.807) is 7.11 Å². The van der Waals surface area contributed by atoms with E-state index in [-0.39, 0.29) is 6.61 Å². The standard InChI is InChI=1S/C17H20O3/c1-20-17-9-5-4-8-15(17)16(19)12-14-7-3-2-6-13(14)10-11-18/h2-9,16,18-19H,10-12H2,1H3. The first-order chi connectivity index (χ1) is 9.76. The van der Waals surface area contributed by atoms with Gasteiger partial charge in [0.05, 0.1) is 13.2 Å². The number of ether oxygens (including phenoxy) is 1. The van der Waals surface area contributed by atoms with E-state index >= 15 is 0 Å². The molecule has 0 saturated carbocycles. The number of hydrogen-bond acceptors (Lipinski definition) is 3. The van der Waals surface area contributed by atoms with Gasteiger partial charge in [0.15, 0.2) is 0 Å². The van der Waals surface area contributed by atoms with Crippen molar-refractivity contribution >= 4 is 0 Å². The van der Waals surface area contributed by atoms with Gasteiger partial charge in [0.25, 0.3) is 0 Å². The van der Waals surface area contributed by atoms with Gasteiger partial charge in [0, 0.05) is 18.6 Å². The lowest BCUT2D eigenvalue weighted by Crippen LogP contribution is -2.06. The SMILES string of the molecule is COc1ccccc1C(O)Cc1ccccc1CCO. The molecule has 0 aromatic heterocycles. The van der Waals surface area contributed by atoms with Gasteiger partial charge >= 0.3 is 0 Å². The molecule has 1 atom stereocenters. The smallest absolute Gasteiger partial charge is 0.124 e. The van der Waals surface area contributed by atoms with Crippen LogP contribution in [0.3, 0.4) is 0 Å². The summed E-state index contributed by atoms with van der Waals surface area (Å²) < 4.78 is 5.28. The highest BCUT2D eigenvalue weighted by atomic mass is 16.5. The fraction of sp³-hybridized carbons (Fsp3) is 0.294. The van der Waals surface area contributed by atoms with Crippen LogP contribution in [-0.2, 0) is 12.8 Å². The average Bonchev–Trinajstić information content (AvgIpc) is 2.49. The quantitative estimate of drug-likeness (QED) is 0.849.